The monoisotopic (exact) mass is 317 g/mol. The number of carbonyl (C=O) groups excluding carboxylic acids is 1. The molecule has 0 aliphatic heterocycles. The van der Waals surface area contributed by atoms with Gasteiger partial charge in [0.1, 0.15) is 18.7 Å². The van der Waals surface area contributed by atoms with Gasteiger partial charge >= 0.3 is 0 Å². The second kappa shape index (κ2) is 5.94. The Morgan fingerprint density at radius 3 is 2.77 bits per heavy atom. The third-order valence-corrected chi connectivity index (χ3v) is 3.35. The predicted octanol–water partition coefficient (Wildman–Crippen LogP) is 2.30. The Morgan fingerprint density at radius 1 is 1.27 bits per heavy atom. The van der Waals surface area contributed by atoms with E-state index in [0.29, 0.717) is 10.5 Å². The van der Waals surface area contributed by atoms with Crippen molar-refractivity contribution in [1.29, 1.82) is 0 Å². The molecule has 1 amide bonds. The Bertz CT molecular complexity index is 852. The van der Waals surface area contributed by atoms with Crippen molar-refractivity contribution in [3.8, 4) is 0 Å². The Kier molecular flexibility index (Phi) is 3.84. The van der Waals surface area contributed by atoms with Gasteiger partial charge in [0.05, 0.1) is 0 Å². The van der Waals surface area contributed by atoms with Gasteiger partial charge in [-0.1, -0.05) is 6.07 Å². The summed E-state index contributed by atoms with van der Waals surface area (Å²) >= 11 is 5.28. The third kappa shape index (κ3) is 2.96. The fourth-order valence-electron chi connectivity index (χ4n) is 1.97. The highest BCUT2D eigenvalue weighted by atomic mass is 32.1. The molecule has 3 rings (SSSR count). The Morgan fingerprint density at radius 2 is 2.05 bits per heavy atom. The maximum Gasteiger partial charge on any atom is 0.246 e. The molecule has 1 N–H and O–H groups in total. The van der Waals surface area contributed by atoms with Crippen LogP contribution in [0.1, 0.15) is 0 Å². The van der Waals surface area contributed by atoms with E-state index in [1.807, 2.05) is 24.5 Å². The van der Waals surface area contributed by atoms with Crippen molar-refractivity contribution in [3.63, 3.8) is 0 Å². The van der Waals surface area contributed by atoms with E-state index in [2.05, 4.69) is 10.4 Å². The van der Waals surface area contributed by atoms with Gasteiger partial charge in [-0.3, -0.25) is 9.47 Å². The lowest BCUT2D eigenvalue weighted by Gasteiger charge is -2.05. The summed E-state index contributed by atoms with van der Waals surface area (Å²) in [4.78, 5) is 12.0. The van der Waals surface area contributed by atoms with Gasteiger partial charge in [-0.2, -0.15) is 5.10 Å². The fourth-order valence-corrected chi connectivity index (χ4v) is 2.22. The highest BCUT2D eigenvalue weighted by Gasteiger charge is 2.08. The normalized spacial score (nSPS) is 10.6. The summed E-state index contributed by atoms with van der Waals surface area (Å²) in [7, 11) is 0. The van der Waals surface area contributed by atoms with Gasteiger partial charge in [0, 0.05) is 18.1 Å². The van der Waals surface area contributed by atoms with Gasteiger partial charge in [-0.25, -0.2) is 13.7 Å². The molecule has 0 saturated heterocycles. The molecular formula is C14H12FN5OS. The van der Waals surface area contributed by atoms with Crippen molar-refractivity contribution in [2.75, 3.05) is 5.32 Å². The lowest BCUT2D eigenvalue weighted by atomic mass is 10.3. The molecule has 0 aliphatic rings. The van der Waals surface area contributed by atoms with Crippen LogP contribution in [0.5, 0.6) is 0 Å². The molecule has 0 aliphatic carbocycles. The number of hydrogen-bond donors (Lipinski definition) is 1. The highest BCUT2D eigenvalue weighted by Crippen LogP contribution is 2.09. The summed E-state index contributed by atoms with van der Waals surface area (Å²) in [5, 5.41) is 6.69. The molecule has 2 aromatic heterocycles. The third-order valence-electron chi connectivity index (χ3n) is 2.96. The summed E-state index contributed by atoms with van der Waals surface area (Å²) in [5.41, 5.74) is 0.390. The second-order valence-electron chi connectivity index (χ2n) is 4.54. The van der Waals surface area contributed by atoms with Crippen LogP contribution in [0.4, 0.5) is 10.1 Å². The van der Waals surface area contributed by atoms with E-state index in [-0.39, 0.29) is 12.5 Å². The van der Waals surface area contributed by atoms with Crippen molar-refractivity contribution >= 4 is 23.8 Å². The molecule has 112 valence electrons. The molecule has 0 atom stereocenters. The van der Waals surface area contributed by atoms with E-state index < -0.39 is 5.82 Å². The number of carbonyl (C=O) groups is 1. The topological polar surface area (TPSA) is 56.8 Å². The minimum Gasteiger partial charge on any atom is -0.324 e. The molecular weight excluding hydrogens is 305 g/mol. The first-order valence-corrected chi connectivity index (χ1v) is 6.88. The number of amides is 1. The van der Waals surface area contributed by atoms with Crippen molar-refractivity contribution in [2.45, 2.75) is 6.54 Å². The number of benzene rings is 1. The number of aromatic nitrogens is 4. The molecule has 0 bridgehead atoms. The van der Waals surface area contributed by atoms with Crippen LogP contribution in [0.3, 0.4) is 0 Å². The predicted molar refractivity (Wildman–Crippen MR) is 81.3 cm³/mol. The number of anilines is 1. The molecule has 0 spiro atoms. The first-order chi connectivity index (χ1) is 10.6. The number of hydrogen-bond acceptors (Lipinski definition) is 3. The van der Waals surface area contributed by atoms with E-state index in [9.17, 15) is 9.18 Å². The van der Waals surface area contributed by atoms with Crippen LogP contribution in [0.15, 0.2) is 55.1 Å². The molecule has 1 aromatic carbocycles. The van der Waals surface area contributed by atoms with E-state index in [1.54, 1.807) is 15.4 Å². The maximum atomic E-state index is 13.1. The molecule has 6 nitrogen and oxygen atoms in total. The smallest absolute Gasteiger partial charge is 0.246 e. The molecule has 0 fully saturated rings. The summed E-state index contributed by atoms with van der Waals surface area (Å²) < 4.78 is 18.2. The fraction of sp³-hybridized carbons (Fsp3) is 0.0714. The average molecular weight is 317 g/mol. The summed E-state index contributed by atoms with van der Waals surface area (Å²) in [6.45, 7) is -0.0520. The zero-order valence-corrected chi connectivity index (χ0v) is 12.2. The minimum atomic E-state index is -0.411. The Labute approximate surface area is 130 Å². The van der Waals surface area contributed by atoms with E-state index in [1.165, 1.54) is 29.2 Å². The largest absolute Gasteiger partial charge is 0.324 e. The molecule has 0 radical (unpaired) electrons. The zero-order chi connectivity index (χ0) is 15.5. The van der Waals surface area contributed by atoms with Crippen molar-refractivity contribution < 1.29 is 9.18 Å². The van der Waals surface area contributed by atoms with Crippen LogP contribution in [0, 0.1) is 10.6 Å². The van der Waals surface area contributed by atoms with Gasteiger partial charge in [0.2, 0.25) is 10.7 Å². The van der Waals surface area contributed by atoms with Crippen LogP contribution < -0.4 is 5.32 Å². The first-order valence-electron chi connectivity index (χ1n) is 6.47. The molecule has 3 aromatic rings. The van der Waals surface area contributed by atoms with Crippen LogP contribution in [-0.4, -0.2) is 25.0 Å². The van der Waals surface area contributed by atoms with Crippen molar-refractivity contribution in [2.24, 2.45) is 0 Å². The molecule has 0 saturated carbocycles. The number of halogens is 1. The second-order valence-corrected chi connectivity index (χ2v) is 4.90. The summed E-state index contributed by atoms with van der Waals surface area (Å²) in [5.74, 6) is -0.745. The van der Waals surface area contributed by atoms with Gasteiger partial charge in [0.25, 0.3) is 0 Å². The van der Waals surface area contributed by atoms with Gasteiger partial charge in [-0.15, -0.1) is 0 Å². The number of nitrogens with one attached hydrogen (secondary N) is 1. The summed E-state index contributed by atoms with van der Waals surface area (Å²) in [6, 6.07) is 9.40. The van der Waals surface area contributed by atoms with Crippen molar-refractivity contribution in [3.05, 3.63) is 65.7 Å². The summed E-state index contributed by atoms with van der Waals surface area (Å²) in [6.07, 6.45) is 5.15. The Balaban J connectivity index is 1.74. The lowest BCUT2D eigenvalue weighted by molar-refractivity contribution is -0.116. The van der Waals surface area contributed by atoms with Gasteiger partial charge in [-0.05, 0) is 42.5 Å². The van der Waals surface area contributed by atoms with Crippen LogP contribution in [-0.2, 0) is 11.3 Å². The number of rotatable bonds is 4. The maximum absolute atomic E-state index is 13.1. The Hall–Kier alpha value is -2.74. The van der Waals surface area contributed by atoms with Crippen LogP contribution in [0.25, 0.3) is 0 Å². The van der Waals surface area contributed by atoms with Crippen molar-refractivity contribution in [1.82, 2.24) is 19.1 Å². The molecule has 2 heterocycles. The standard InChI is InChI=1S/C14H12FN5OS/c15-11-4-3-5-12(8-11)17-13(21)9-19-14(22)20(10-16-19)18-6-1-2-7-18/h1-8,10H,9H2,(H,17,21). The van der Waals surface area contributed by atoms with Crippen LogP contribution >= 0.6 is 12.2 Å². The van der Waals surface area contributed by atoms with Gasteiger partial charge in [0.15, 0.2) is 0 Å². The average Bonchev–Trinajstić information content (AvgIpc) is 3.10. The minimum absolute atomic E-state index is 0.0520. The quantitative estimate of drug-likeness (QED) is 0.751. The van der Waals surface area contributed by atoms with E-state index >= 15 is 0 Å². The molecule has 8 heteroatoms. The lowest BCUT2D eigenvalue weighted by Crippen LogP contribution is -2.20. The SMILES string of the molecule is O=C(Cn1ncn(-n2cccc2)c1=S)Nc1cccc(F)c1. The van der Waals surface area contributed by atoms with Gasteiger partial charge < -0.3 is 5.32 Å². The molecule has 0 unspecified atom stereocenters. The highest BCUT2D eigenvalue weighted by molar-refractivity contribution is 7.71. The van der Waals surface area contributed by atoms with E-state index in [0.717, 1.165) is 0 Å². The number of nitrogens with zero attached hydrogens (tertiary/aromatic N) is 4. The molecule has 22 heavy (non-hydrogen) atoms. The van der Waals surface area contributed by atoms with E-state index in [4.69, 9.17) is 12.2 Å². The van der Waals surface area contributed by atoms with Crippen LogP contribution in [0.2, 0.25) is 0 Å². The zero-order valence-electron chi connectivity index (χ0n) is 11.4. The first kappa shape index (κ1) is 14.2.